The molecule has 0 spiro atoms. The molecule has 1 heterocycles. The third kappa shape index (κ3) is 3.00. The van der Waals surface area contributed by atoms with Gasteiger partial charge in [0.1, 0.15) is 0 Å². The van der Waals surface area contributed by atoms with Gasteiger partial charge in [-0.25, -0.2) is 0 Å². The molecule has 0 aromatic carbocycles. The SMILES string of the molecule is Brc1ccc(CSC2CCCC2)s1. The Bertz CT molecular complexity index is 264. The molecule has 0 unspecified atom stereocenters. The molecule has 1 aliphatic carbocycles. The second kappa shape index (κ2) is 4.85. The Balaban J connectivity index is 1.78. The van der Waals surface area contributed by atoms with Crippen molar-refractivity contribution in [2.24, 2.45) is 0 Å². The molecule has 0 amide bonds. The molecule has 0 aliphatic heterocycles. The van der Waals surface area contributed by atoms with Crippen molar-refractivity contribution in [3.63, 3.8) is 0 Å². The van der Waals surface area contributed by atoms with Crippen molar-refractivity contribution in [3.8, 4) is 0 Å². The van der Waals surface area contributed by atoms with Gasteiger partial charge in [0.25, 0.3) is 0 Å². The molecular weight excluding hydrogens is 264 g/mol. The molecule has 1 aromatic heterocycles. The first-order valence-electron chi connectivity index (χ1n) is 4.70. The quantitative estimate of drug-likeness (QED) is 0.772. The smallest absolute Gasteiger partial charge is 0.0701 e. The van der Waals surface area contributed by atoms with Crippen LogP contribution in [0.3, 0.4) is 0 Å². The highest BCUT2D eigenvalue weighted by Gasteiger charge is 2.15. The first-order valence-corrected chi connectivity index (χ1v) is 7.36. The second-order valence-corrected chi connectivity index (χ2v) is 7.26. The van der Waals surface area contributed by atoms with E-state index in [1.807, 2.05) is 11.3 Å². The van der Waals surface area contributed by atoms with Crippen LogP contribution in [-0.4, -0.2) is 5.25 Å². The first-order chi connectivity index (χ1) is 6.34. The van der Waals surface area contributed by atoms with Gasteiger partial charge in [-0.05, 0) is 40.9 Å². The van der Waals surface area contributed by atoms with Crippen LogP contribution in [-0.2, 0) is 5.75 Å². The van der Waals surface area contributed by atoms with Gasteiger partial charge in [0, 0.05) is 15.9 Å². The highest BCUT2D eigenvalue weighted by molar-refractivity contribution is 9.11. The van der Waals surface area contributed by atoms with Gasteiger partial charge in [0.05, 0.1) is 3.79 Å². The topological polar surface area (TPSA) is 0 Å². The number of halogens is 1. The van der Waals surface area contributed by atoms with Gasteiger partial charge in [-0.1, -0.05) is 12.8 Å². The second-order valence-electron chi connectivity index (χ2n) is 3.42. The lowest BCUT2D eigenvalue weighted by molar-refractivity contribution is 0.886. The van der Waals surface area contributed by atoms with E-state index < -0.39 is 0 Å². The maximum Gasteiger partial charge on any atom is 0.0701 e. The monoisotopic (exact) mass is 276 g/mol. The minimum Gasteiger partial charge on any atom is -0.153 e. The van der Waals surface area contributed by atoms with Crippen molar-refractivity contribution in [1.82, 2.24) is 0 Å². The molecule has 1 fully saturated rings. The molecule has 72 valence electrons. The van der Waals surface area contributed by atoms with Crippen LogP contribution in [0.4, 0.5) is 0 Å². The maximum absolute atomic E-state index is 3.49. The van der Waals surface area contributed by atoms with Crippen molar-refractivity contribution >= 4 is 39.0 Å². The Kier molecular flexibility index (Phi) is 3.75. The van der Waals surface area contributed by atoms with E-state index in [1.54, 1.807) is 0 Å². The fourth-order valence-electron chi connectivity index (χ4n) is 1.68. The summed E-state index contributed by atoms with van der Waals surface area (Å²) in [6.07, 6.45) is 5.78. The summed E-state index contributed by atoms with van der Waals surface area (Å²) in [6.45, 7) is 0. The molecular formula is C10H13BrS2. The van der Waals surface area contributed by atoms with Crippen molar-refractivity contribution in [2.45, 2.75) is 36.7 Å². The summed E-state index contributed by atoms with van der Waals surface area (Å²) >= 11 is 7.50. The Morgan fingerprint density at radius 1 is 1.38 bits per heavy atom. The average molecular weight is 277 g/mol. The van der Waals surface area contributed by atoms with E-state index in [1.165, 1.54) is 40.1 Å². The molecule has 0 N–H and O–H groups in total. The molecule has 2 rings (SSSR count). The van der Waals surface area contributed by atoms with Crippen LogP contribution in [0.15, 0.2) is 15.9 Å². The minimum absolute atomic E-state index is 0.945. The molecule has 3 heteroatoms. The summed E-state index contributed by atoms with van der Waals surface area (Å²) < 4.78 is 1.26. The van der Waals surface area contributed by atoms with E-state index in [4.69, 9.17) is 0 Å². The molecule has 0 bridgehead atoms. The van der Waals surface area contributed by atoms with E-state index in [-0.39, 0.29) is 0 Å². The minimum atomic E-state index is 0.945. The van der Waals surface area contributed by atoms with E-state index in [0.29, 0.717) is 0 Å². The number of hydrogen-bond acceptors (Lipinski definition) is 2. The highest BCUT2D eigenvalue weighted by atomic mass is 79.9. The average Bonchev–Trinajstić information content (AvgIpc) is 2.71. The Morgan fingerprint density at radius 3 is 2.77 bits per heavy atom. The zero-order chi connectivity index (χ0) is 9.10. The van der Waals surface area contributed by atoms with Crippen LogP contribution in [0.1, 0.15) is 30.6 Å². The number of rotatable bonds is 3. The van der Waals surface area contributed by atoms with Gasteiger partial charge in [-0.15, -0.1) is 11.3 Å². The van der Waals surface area contributed by atoms with Gasteiger partial charge in [-0.2, -0.15) is 11.8 Å². The zero-order valence-electron chi connectivity index (χ0n) is 7.46. The van der Waals surface area contributed by atoms with Crippen LogP contribution in [0.5, 0.6) is 0 Å². The van der Waals surface area contributed by atoms with Crippen molar-refractivity contribution < 1.29 is 0 Å². The summed E-state index contributed by atoms with van der Waals surface area (Å²) in [4.78, 5) is 1.50. The third-order valence-electron chi connectivity index (χ3n) is 2.39. The molecule has 1 aromatic rings. The lowest BCUT2D eigenvalue weighted by Crippen LogP contribution is -1.93. The zero-order valence-corrected chi connectivity index (χ0v) is 10.7. The van der Waals surface area contributed by atoms with Crippen molar-refractivity contribution in [1.29, 1.82) is 0 Å². The Hall–Kier alpha value is 0.530. The van der Waals surface area contributed by atoms with Crippen LogP contribution < -0.4 is 0 Å². The Labute approximate surface area is 96.2 Å². The number of thioether (sulfide) groups is 1. The molecule has 0 atom stereocenters. The van der Waals surface area contributed by atoms with Gasteiger partial charge in [0.15, 0.2) is 0 Å². The van der Waals surface area contributed by atoms with Crippen LogP contribution in [0, 0.1) is 0 Å². The fourth-order valence-corrected chi connectivity index (χ4v) is 4.57. The molecule has 1 aliphatic rings. The highest BCUT2D eigenvalue weighted by Crippen LogP contribution is 2.33. The molecule has 0 radical (unpaired) electrons. The van der Waals surface area contributed by atoms with E-state index >= 15 is 0 Å². The molecule has 0 nitrogen and oxygen atoms in total. The van der Waals surface area contributed by atoms with Crippen molar-refractivity contribution in [3.05, 3.63) is 20.8 Å². The third-order valence-corrected chi connectivity index (χ3v) is 5.62. The summed E-state index contributed by atoms with van der Waals surface area (Å²) in [5, 5.41) is 0.945. The van der Waals surface area contributed by atoms with Crippen LogP contribution in [0.2, 0.25) is 0 Å². The normalized spacial score (nSPS) is 18.2. The van der Waals surface area contributed by atoms with Gasteiger partial charge >= 0.3 is 0 Å². The van der Waals surface area contributed by atoms with E-state index in [0.717, 1.165) is 5.25 Å². The largest absolute Gasteiger partial charge is 0.153 e. The lowest BCUT2D eigenvalue weighted by Gasteiger charge is -2.06. The fraction of sp³-hybridized carbons (Fsp3) is 0.600. The van der Waals surface area contributed by atoms with Crippen molar-refractivity contribution in [2.75, 3.05) is 0 Å². The first kappa shape index (κ1) is 10.1. The van der Waals surface area contributed by atoms with Crippen LogP contribution in [0.25, 0.3) is 0 Å². The standard InChI is InChI=1S/C10H13BrS2/c11-10-6-5-9(13-10)7-12-8-3-1-2-4-8/h5-6,8H,1-4,7H2. The summed E-state index contributed by atoms with van der Waals surface area (Å²) in [5.74, 6) is 1.21. The molecule has 13 heavy (non-hydrogen) atoms. The van der Waals surface area contributed by atoms with Gasteiger partial charge in [-0.3, -0.25) is 0 Å². The van der Waals surface area contributed by atoms with E-state index in [9.17, 15) is 0 Å². The molecule has 0 saturated heterocycles. The number of hydrogen-bond donors (Lipinski definition) is 0. The van der Waals surface area contributed by atoms with E-state index in [2.05, 4.69) is 39.8 Å². The van der Waals surface area contributed by atoms with Gasteiger partial charge in [0.2, 0.25) is 0 Å². The maximum atomic E-state index is 3.49. The lowest BCUT2D eigenvalue weighted by atomic mass is 10.4. The van der Waals surface area contributed by atoms with Crippen LogP contribution >= 0.6 is 39.0 Å². The summed E-state index contributed by atoms with van der Waals surface area (Å²) in [7, 11) is 0. The summed E-state index contributed by atoms with van der Waals surface area (Å²) in [6, 6.07) is 4.38. The van der Waals surface area contributed by atoms with Gasteiger partial charge < -0.3 is 0 Å². The Morgan fingerprint density at radius 2 is 2.15 bits per heavy atom. The summed E-state index contributed by atoms with van der Waals surface area (Å²) in [5.41, 5.74) is 0. The molecule has 1 saturated carbocycles. The predicted octanol–water partition coefficient (Wildman–Crippen LogP) is 4.69. The predicted molar refractivity (Wildman–Crippen MR) is 65.6 cm³/mol. The number of thiophene rings is 1.